The zero-order valence-corrected chi connectivity index (χ0v) is 17.9. The minimum Gasteiger partial charge on any atom is -0.308 e. The Hall–Kier alpha value is -3.45. The highest BCUT2D eigenvalue weighted by Gasteiger charge is 2.25. The van der Waals surface area contributed by atoms with Crippen molar-refractivity contribution in [1.82, 2.24) is 0 Å². The molecule has 3 aromatic carbocycles. The van der Waals surface area contributed by atoms with Crippen LogP contribution in [0.15, 0.2) is 77.7 Å². The Morgan fingerprint density at radius 1 is 0.903 bits per heavy atom. The SMILES string of the molecule is CC(=O)c1cccc(S(=O)(=O)Nc2ccc3c(c2)N(C(=O)c2ccccc2)CCC3)c1. The fourth-order valence-corrected chi connectivity index (χ4v) is 4.78. The number of ketones is 1. The molecule has 0 unspecified atom stereocenters. The van der Waals surface area contributed by atoms with E-state index in [0.717, 1.165) is 18.4 Å². The summed E-state index contributed by atoms with van der Waals surface area (Å²) in [5.41, 5.74) is 2.98. The van der Waals surface area contributed by atoms with Crippen molar-refractivity contribution in [2.24, 2.45) is 0 Å². The lowest BCUT2D eigenvalue weighted by atomic mass is 10.00. The van der Waals surface area contributed by atoms with Crippen molar-refractivity contribution >= 4 is 33.1 Å². The van der Waals surface area contributed by atoms with E-state index in [4.69, 9.17) is 0 Å². The molecular formula is C24H22N2O4S. The molecule has 158 valence electrons. The number of rotatable bonds is 5. The molecule has 6 nitrogen and oxygen atoms in total. The largest absolute Gasteiger partial charge is 0.308 e. The van der Waals surface area contributed by atoms with E-state index >= 15 is 0 Å². The van der Waals surface area contributed by atoms with Gasteiger partial charge in [0, 0.05) is 23.4 Å². The fraction of sp³-hybridized carbons (Fsp3) is 0.167. The van der Waals surface area contributed by atoms with Crippen LogP contribution in [0, 0.1) is 0 Å². The normalized spacial score (nSPS) is 13.4. The molecule has 0 fully saturated rings. The quantitative estimate of drug-likeness (QED) is 0.608. The Balaban J connectivity index is 1.65. The fourth-order valence-electron chi connectivity index (χ4n) is 3.68. The van der Waals surface area contributed by atoms with E-state index in [1.54, 1.807) is 41.3 Å². The summed E-state index contributed by atoms with van der Waals surface area (Å²) >= 11 is 0. The minimum atomic E-state index is -3.89. The number of hydrogen-bond donors (Lipinski definition) is 1. The summed E-state index contributed by atoms with van der Waals surface area (Å²) in [5.74, 6) is -0.323. The molecule has 0 radical (unpaired) electrons. The Kier molecular flexibility index (Phi) is 5.61. The number of carbonyl (C=O) groups is 2. The number of sulfonamides is 1. The highest BCUT2D eigenvalue weighted by atomic mass is 32.2. The van der Waals surface area contributed by atoms with E-state index in [2.05, 4.69) is 4.72 Å². The minimum absolute atomic E-state index is 0.00939. The average Bonchev–Trinajstić information content (AvgIpc) is 2.78. The van der Waals surface area contributed by atoms with Gasteiger partial charge in [0.15, 0.2) is 5.78 Å². The van der Waals surface area contributed by atoms with E-state index < -0.39 is 10.0 Å². The first-order valence-corrected chi connectivity index (χ1v) is 11.5. The molecule has 3 aromatic rings. The lowest BCUT2D eigenvalue weighted by Gasteiger charge is -2.30. The van der Waals surface area contributed by atoms with Gasteiger partial charge in [0.25, 0.3) is 15.9 Å². The third-order valence-corrected chi connectivity index (χ3v) is 6.65. The molecule has 0 atom stereocenters. The van der Waals surface area contributed by atoms with Crippen molar-refractivity contribution in [3.05, 3.63) is 89.5 Å². The molecule has 0 spiro atoms. The third-order valence-electron chi connectivity index (χ3n) is 5.27. The van der Waals surface area contributed by atoms with Gasteiger partial charge in [0.1, 0.15) is 0 Å². The molecule has 1 aliphatic heterocycles. The van der Waals surface area contributed by atoms with Gasteiger partial charge in [0.2, 0.25) is 0 Å². The number of nitrogens with zero attached hydrogens (tertiary/aromatic N) is 1. The highest BCUT2D eigenvalue weighted by Crippen LogP contribution is 2.32. The molecule has 31 heavy (non-hydrogen) atoms. The number of fused-ring (bicyclic) bond motifs is 1. The number of nitrogens with one attached hydrogen (secondary N) is 1. The Morgan fingerprint density at radius 2 is 1.65 bits per heavy atom. The maximum Gasteiger partial charge on any atom is 0.261 e. The standard InChI is InChI=1S/C24H22N2O4S/c1-17(27)20-9-5-11-22(15-20)31(29,30)25-21-13-12-18-10-6-14-26(23(18)16-21)24(28)19-7-3-2-4-8-19/h2-5,7-9,11-13,15-16,25H,6,10,14H2,1H3. The predicted octanol–water partition coefficient (Wildman–Crippen LogP) is 4.28. The summed E-state index contributed by atoms with van der Waals surface area (Å²) in [6, 6.07) is 20.2. The van der Waals surface area contributed by atoms with Crippen LogP contribution in [-0.4, -0.2) is 26.7 Å². The van der Waals surface area contributed by atoms with Gasteiger partial charge in [-0.2, -0.15) is 0 Å². The first-order valence-electron chi connectivity index (χ1n) is 9.99. The molecule has 0 saturated heterocycles. The predicted molar refractivity (Wildman–Crippen MR) is 120 cm³/mol. The zero-order valence-electron chi connectivity index (χ0n) is 17.0. The van der Waals surface area contributed by atoms with Gasteiger partial charge in [0.05, 0.1) is 10.6 Å². The van der Waals surface area contributed by atoms with Crippen molar-refractivity contribution in [2.75, 3.05) is 16.2 Å². The van der Waals surface area contributed by atoms with Crippen LogP contribution in [0.25, 0.3) is 0 Å². The number of hydrogen-bond acceptors (Lipinski definition) is 4. The van der Waals surface area contributed by atoms with Crippen LogP contribution in [0.1, 0.15) is 39.6 Å². The van der Waals surface area contributed by atoms with Gasteiger partial charge in [-0.3, -0.25) is 14.3 Å². The summed E-state index contributed by atoms with van der Waals surface area (Å²) in [6.45, 7) is 1.96. The van der Waals surface area contributed by atoms with Crippen LogP contribution < -0.4 is 9.62 Å². The van der Waals surface area contributed by atoms with Crippen LogP contribution in [0.5, 0.6) is 0 Å². The molecule has 1 heterocycles. The van der Waals surface area contributed by atoms with E-state index in [9.17, 15) is 18.0 Å². The number of anilines is 2. The van der Waals surface area contributed by atoms with Crippen LogP contribution in [0.4, 0.5) is 11.4 Å². The second-order valence-electron chi connectivity index (χ2n) is 7.46. The van der Waals surface area contributed by atoms with Gasteiger partial charge in [-0.05, 0) is 61.7 Å². The van der Waals surface area contributed by atoms with Crippen LogP contribution >= 0.6 is 0 Å². The molecule has 4 rings (SSSR count). The molecule has 1 amide bonds. The Bertz CT molecular complexity index is 1250. The van der Waals surface area contributed by atoms with Crippen molar-refractivity contribution < 1.29 is 18.0 Å². The summed E-state index contributed by atoms with van der Waals surface area (Å²) < 4.78 is 28.3. The first kappa shape index (κ1) is 20.8. The molecule has 1 N–H and O–H groups in total. The molecule has 0 aliphatic carbocycles. The van der Waals surface area contributed by atoms with Gasteiger partial charge in [-0.1, -0.05) is 36.4 Å². The van der Waals surface area contributed by atoms with Crippen LogP contribution in [0.2, 0.25) is 0 Å². The van der Waals surface area contributed by atoms with Gasteiger partial charge >= 0.3 is 0 Å². The number of aryl methyl sites for hydroxylation is 1. The van der Waals surface area contributed by atoms with E-state index in [1.807, 2.05) is 24.3 Å². The van der Waals surface area contributed by atoms with Crippen molar-refractivity contribution in [3.63, 3.8) is 0 Å². The maximum absolute atomic E-state index is 13.0. The summed E-state index contributed by atoms with van der Waals surface area (Å²) in [7, 11) is -3.89. The zero-order chi connectivity index (χ0) is 22.0. The molecule has 0 saturated carbocycles. The van der Waals surface area contributed by atoms with E-state index in [-0.39, 0.29) is 16.6 Å². The van der Waals surface area contributed by atoms with Crippen molar-refractivity contribution in [2.45, 2.75) is 24.7 Å². The molecule has 7 heteroatoms. The molecule has 1 aliphatic rings. The Labute approximate surface area is 181 Å². The van der Waals surface area contributed by atoms with Crippen molar-refractivity contribution in [1.29, 1.82) is 0 Å². The van der Waals surface area contributed by atoms with E-state index in [0.29, 0.717) is 29.0 Å². The molecule has 0 aromatic heterocycles. The number of Topliss-reactive ketones (excluding diaryl/α,β-unsaturated/α-hetero) is 1. The van der Waals surface area contributed by atoms with Crippen molar-refractivity contribution in [3.8, 4) is 0 Å². The van der Waals surface area contributed by atoms with Gasteiger partial charge in [-0.25, -0.2) is 8.42 Å². The van der Waals surface area contributed by atoms with E-state index in [1.165, 1.54) is 19.1 Å². The van der Waals surface area contributed by atoms with Gasteiger partial charge in [-0.15, -0.1) is 0 Å². The topological polar surface area (TPSA) is 83.6 Å². The molecule has 0 bridgehead atoms. The number of amides is 1. The second-order valence-corrected chi connectivity index (χ2v) is 9.14. The summed E-state index contributed by atoms with van der Waals surface area (Å²) in [4.78, 5) is 26.4. The number of benzene rings is 3. The third kappa shape index (κ3) is 4.36. The monoisotopic (exact) mass is 434 g/mol. The Morgan fingerprint density at radius 3 is 2.39 bits per heavy atom. The average molecular weight is 435 g/mol. The number of carbonyl (C=O) groups excluding carboxylic acids is 2. The second kappa shape index (κ2) is 8.35. The molecular weight excluding hydrogens is 412 g/mol. The van der Waals surface area contributed by atoms with Crippen LogP contribution in [0.3, 0.4) is 0 Å². The lowest BCUT2D eigenvalue weighted by molar-refractivity contribution is 0.0983. The highest BCUT2D eigenvalue weighted by molar-refractivity contribution is 7.92. The lowest BCUT2D eigenvalue weighted by Crippen LogP contribution is -2.35. The maximum atomic E-state index is 13.0. The van der Waals surface area contributed by atoms with Gasteiger partial charge < -0.3 is 4.90 Å². The first-order chi connectivity index (χ1) is 14.8. The summed E-state index contributed by atoms with van der Waals surface area (Å²) in [6.07, 6.45) is 1.66. The smallest absolute Gasteiger partial charge is 0.261 e. The van der Waals surface area contributed by atoms with Crippen LogP contribution in [-0.2, 0) is 16.4 Å². The summed E-state index contributed by atoms with van der Waals surface area (Å²) in [5, 5.41) is 0.